The number of rotatable bonds is 0. The Morgan fingerprint density at radius 2 is 1.00 bits per heavy atom. The van der Waals surface area contributed by atoms with Crippen LogP contribution in [0.4, 0.5) is 0 Å². The van der Waals surface area contributed by atoms with E-state index in [1.54, 1.807) is 0 Å². The molecule has 0 aromatic rings. The van der Waals surface area contributed by atoms with E-state index in [9.17, 15) is 0 Å². The molecule has 0 aliphatic rings. The second kappa shape index (κ2) is 19.5. The van der Waals surface area contributed by atoms with Gasteiger partial charge < -0.3 is 0 Å². The van der Waals surface area contributed by atoms with Crippen LogP contribution in [0.15, 0.2) is 0 Å². The van der Waals surface area contributed by atoms with Crippen molar-refractivity contribution in [2.45, 2.75) is 0 Å². The molecule has 0 aromatic carbocycles. The van der Waals surface area contributed by atoms with Crippen LogP contribution in [-0.2, 0) is 51.2 Å². The average molecular weight is 204 g/mol. The maximum atomic E-state index is 0. The van der Waals surface area contributed by atoms with Crippen LogP contribution in [0.25, 0.3) is 0 Å². The fraction of sp³-hybridized carbons (Fsp3) is 0. The summed E-state index contributed by atoms with van der Waals surface area (Å²) in [7, 11) is 0. The normalized spacial score (nSPS) is 0. The first-order valence-corrected chi connectivity index (χ1v) is 0. The summed E-state index contributed by atoms with van der Waals surface area (Å²) < 4.78 is 0. The molecule has 0 aliphatic heterocycles. The summed E-state index contributed by atoms with van der Waals surface area (Å²) in [6.45, 7) is 0. The summed E-state index contributed by atoms with van der Waals surface area (Å²) in [5.74, 6) is 0. The molecule has 0 bridgehead atoms. The third-order valence-corrected chi connectivity index (χ3v) is 0. The number of hydrogen-bond acceptors (Lipinski definition) is 0. The summed E-state index contributed by atoms with van der Waals surface area (Å²) >= 11 is 0. The van der Waals surface area contributed by atoms with Crippen molar-refractivity contribution in [3.63, 3.8) is 0 Å². The fourth-order valence-corrected chi connectivity index (χ4v) is 0. The quantitative estimate of drug-likeness (QED) is 0.435. The van der Waals surface area contributed by atoms with Gasteiger partial charge in [0.1, 0.15) is 0 Å². The Balaban J connectivity index is 0. The summed E-state index contributed by atoms with van der Waals surface area (Å²) in [4.78, 5) is 0. The van der Waals surface area contributed by atoms with Crippen LogP contribution in [0.1, 0.15) is 0 Å². The van der Waals surface area contributed by atoms with Crippen molar-refractivity contribution in [2.24, 2.45) is 0 Å². The minimum absolute atomic E-state index is 0. The zero-order chi connectivity index (χ0) is 0. The fourth-order valence-electron chi connectivity index (χ4n) is 0. The molecule has 0 atom stereocenters. The third kappa shape index (κ3) is 8.94. The van der Waals surface area contributed by atoms with Crippen molar-refractivity contribution in [3.8, 4) is 0 Å². The smallest absolute Gasteiger partial charge is 0 e. The Hall–Kier alpha value is 2.09. The molecule has 32 valence electrons. The van der Waals surface area contributed by atoms with Gasteiger partial charge in [-0.05, 0) is 0 Å². The molecule has 4 heteroatoms. The predicted molar refractivity (Wildman–Crippen MR) is 9.94 cm³/mol. The molecular weight excluding hydrogens is 201 g/mol. The van der Waals surface area contributed by atoms with Gasteiger partial charge in [0, 0.05) is 51.2 Å². The van der Waals surface area contributed by atoms with Gasteiger partial charge in [0.05, 0.1) is 0 Å². The molecule has 0 saturated carbocycles. The van der Waals surface area contributed by atoms with Crippen molar-refractivity contribution >= 4 is 17.4 Å². The zero-order valence-corrected chi connectivity index (χ0v) is 4.26. The van der Waals surface area contributed by atoms with E-state index in [0.29, 0.717) is 0 Å². The Kier molecular flexibility index (Phi) is 176. The monoisotopic (exact) mass is 204 g/mol. The second-order valence-electron chi connectivity index (χ2n) is 0. The minimum atomic E-state index is 0. The summed E-state index contributed by atoms with van der Waals surface area (Å²) in [6, 6.07) is 0. The van der Waals surface area contributed by atoms with Crippen LogP contribution < -0.4 is 0 Å². The first kappa shape index (κ1) is 36.1. The molecule has 0 aliphatic carbocycles. The Morgan fingerprint density at radius 1 is 1.00 bits per heavy atom. The van der Waals surface area contributed by atoms with Crippen LogP contribution in [-0.4, -0.2) is 17.4 Å². The van der Waals surface area contributed by atoms with Gasteiger partial charge in [-0.2, -0.15) is 0 Å². The molecule has 0 spiro atoms. The molecule has 4 heavy (non-hydrogen) atoms. The second-order valence-corrected chi connectivity index (χ2v) is 0. The van der Waals surface area contributed by atoms with Crippen molar-refractivity contribution in [1.82, 2.24) is 0 Å². The molecule has 0 saturated heterocycles. The molecular formula is H3AlCuFeMn. The van der Waals surface area contributed by atoms with Gasteiger partial charge in [-0.1, -0.05) is 0 Å². The van der Waals surface area contributed by atoms with E-state index >= 15 is 0 Å². The Labute approximate surface area is 68.0 Å². The third-order valence-electron chi connectivity index (χ3n) is 0. The van der Waals surface area contributed by atoms with Gasteiger partial charge in [-0.3, -0.25) is 0 Å². The van der Waals surface area contributed by atoms with E-state index in [4.69, 9.17) is 0 Å². The van der Waals surface area contributed by atoms with Gasteiger partial charge in [0.25, 0.3) is 0 Å². The molecule has 0 unspecified atom stereocenters. The minimum Gasteiger partial charge on any atom is 0 e. The standard InChI is InChI=1S/Al.Cu.Fe.Mn.3H. The molecule has 0 rings (SSSR count). The van der Waals surface area contributed by atoms with E-state index < -0.39 is 0 Å². The van der Waals surface area contributed by atoms with Crippen LogP contribution in [0.3, 0.4) is 0 Å². The van der Waals surface area contributed by atoms with Gasteiger partial charge in [-0.25, -0.2) is 0 Å². The summed E-state index contributed by atoms with van der Waals surface area (Å²) in [6.07, 6.45) is 0. The molecule has 0 nitrogen and oxygen atoms in total. The van der Waals surface area contributed by atoms with Crippen molar-refractivity contribution in [1.29, 1.82) is 0 Å². The maximum absolute atomic E-state index is 0. The summed E-state index contributed by atoms with van der Waals surface area (Å²) in [5.41, 5.74) is 0. The first-order chi connectivity index (χ1) is 0. The SMILES string of the molecule is [AlH3].[Cu].[Fe].[Mn]. The molecule has 0 heterocycles. The van der Waals surface area contributed by atoms with Crippen LogP contribution in [0.5, 0.6) is 0 Å². The first-order valence-electron chi connectivity index (χ1n) is 0. The topological polar surface area (TPSA) is 0 Å². The zero-order valence-electron chi connectivity index (χ0n) is 1.03. The van der Waals surface area contributed by atoms with E-state index in [1.165, 1.54) is 0 Å². The van der Waals surface area contributed by atoms with E-state index in [0.717, 1.165) is 0 Å². The molecule has 0 fully saturated rings. The van der Waals surface area contributed by atoms with E-state index in [2.05, 4.69) is 0 Å². The van der Waals surface area contributed by atoms with E-state index in [1.807, 2.05) is 0 Å². The average Bonchev–Trinajstić information content (AvgIpc) is 0. The Bertz CT molecular complexity index is 8.00. The van der Waals surface area contributed by atoms with Crippen LogP contribution in [0.2, 0.25) is 0 Å². The molecule has 2 radical (unpaired) electrons. The predicted octanol–water partition coefficient (Wildman–Crippen LogP) is -1.19. The van der Waals surface area contributed by atoms with E-state index in [-0.39, 0.29) is 68.6 Å². The van der Waals surface area contributed by atoms with Gasteiger partial charge in [0.2, 0.25) is 0 Å². The van der Waals surface area contributed by atoms with Crippen molar-refractivity contribution in [3.05, 3.63) is 0 Å². The largest absolute Gasteiger partial charge is 0.187 e. The molecule has 0 N–H and O–H groups in total. The van der Waals surface area contributed by atoms with Crippen LogP contribution in [0, 0.1) is 0 Å². The number of hydrogen-bond donors (Lipinski definition) is 0. The molecule has 0 aromatic heterocycles. The summed E-state index contributed by atoms with van der Waals surface area (Å²) in [5, 5.41) is 0. The van der Waals surface area contributed by atoms with Gasteiger partial charge in [0.15, 0.2) is 17.4 Å². The van der Waals surface area contributed by atoms with Crippen molar-refractivity contribution in [2.75, 3.05) is 0 Å². The van der Waals surface area contributed by atoms with Gasteiger partial charge in [-0.15, -0.1) is 0 Å². The Morgan fingerprint density at radius 3 is 1.00 bits per heavy atom. The van der Waals surface area contributed by atoms with Crippen molar-refractivity contribution < 1.29 is 51.2 Å². The van der Waals surface area contributed by atoms with Crippen LogP contribution >= 0.6 is 0 Å². The van der Waals surface area contributed by atoms with Gasteiger partial charge >= 0.3 is 0 Å². The molecule has 0 amide bonds. The maximum Gasteiger partial charge on any atom is 0.187 e.